The van der Waals surface area contributed by atoms with Crippen LogP contribution >= 0.6 is 23.2 Å². The molecule has 0 fully saturated rings. The lowest BCUT2D eigenvalue weighted by Crippen LogP contribution is -1.87. The van der Waals surface area contributed by atoms with Gasteiger partial charge in [-0.15, -0.1) is 0 Å². The van der Waals surface area contributed by atoms with Crippen molar-refractivity contribution in [3.05, 3.63) is 75.8 Å². The highest BCUT2D eigenvalue weighted by atomic mass is 35.5. The van der Waals surface area contributed by atoms with Gasteiger partial charge in [-0.25, -0.2) is 0 Å². The van der Waals surface area contributed by atoms with Crippen molar-refractivity contribution in [2.45, 2.75) is 6.92 Å². The molecule has 0 aliphatic heterocycles. The molecule has 0 saturated carbocycles. The predicted molar refractivity (Wildman–Crippen MR) is 75.8 cm³/mol. The van der Waals surface area contributed by atoms with E-state index in [0.29, 0.717) is 0 Å². The minimum absolute atomic E-state index is 0.730. The molecule has 0 amide bonds. The van der Waals surface area contributed by atoms with Gasteiger partial charge in [0.2, 0.25) is 0 Å². The normalized spacial score (nSPS) is 10.3. The van der Waals surface area contributed by atoms with Crippen LogP contribution in [0.4, 0.5) is 0 Å². The van der Waals surface area contributed by atoms with Gasteiger partial charge in [0.1, 0.15) is 0 Å². The summed E-state index contributed by atoms with van der Waals surface area (Å²) in [6.07, 6.45) is 0. The van der Waals surface area contributed by atoms with Gasteiger partial charge in [0, 0.05) is 10.0 Å². The van der Waals surface area contributed by atoms with Gasteiger partial charge in [-0.2, -0.15) is 0 Å². The van der Waals surface area contributed by atoms with Gasteiger partial charge >= 0.3 is 0 Å². The van der Waals surface area contributed by atoms with Crippen LogP contribution in [-0.2, 0) is 0 Å². The molecule has 0 nitrogen and oxygen atoms in total. The van der Waals surface area contributed by atoms with E-state index in [2.05, 4.69) is 6.58 Å². The van der Waals surface area contributed by atoms with Crippen LogP contribution in [0.5, 0.6) is 0 Å². The van der Waals surface area contributed by atoms with Crippen LogP contribution in [0.1, 0.15) is 16.7 Å². The van der Waals surface area contributed by atoms with Crippen molar-refractivity contribution in [3.8, 4) is 0 Å². The zero-order chi connectivity index (χ0) is 12.4. The summed E-state index contributed by atoms with van der Waals surface area (Å²) in [7, 11) is 0. The van der Waals surface area contributed by atoms with E-state index in [0.717, 1.165) is 32.3 Å². The SMILES string of the molecule is C=C(c1ccc(Cl)cc1)c1ccc(Cl)c(C)c1. The first-order valence-electron chi connectivity index (χ1n) is 5.29. The van der Waals surface area contributed by atoms with Gasteiger partial charge in [0.15, 0.2) is 0 Å². The monoisotopic (exact) mass is 262 g/mol. The van der Waals surface area contributed by atoms with Crippen LogP contribution in [-0.4, -0.2) is 0 Å². The summed E-state index contributed by atoms with van der Waals surface area (Å²) in [5.74, 6) is 0. The highest BCUT2D eigenvalue weighted by molar-refractivity contribution is 6.31. The molecule has 0 aliphatic carbocycles. The topological polar surface area (TPSA) is 0 Å². The third-order valence-electron chi connectivity index (χ3n) is 2.70. The first-order valence-corrected chi connectivity index (χ1v) is 6.05. The van der Waals surface area contributed by atoms with E-state index in [1.807, 2.05) is 49.4 Å². The number of halogens is 2. The summed E-state index contributed by atoms with van der Waals surface area (Å²) in [5.41, 5.74) is 4.17. The molecule has 0 saturated heterocycles. The summed E-state index contributed by atoms with van der Waals surface area (Å²) in [6.45, 7) is 6.10. The smallest absolute Gasteiger partial charge is 0.0435 e. The van der Waals surface area contributed by atoms with Crippen LogP contribution in [0.25, 0.3) is 5.57 Å². The minimum Gasteiger partial charge on any atom is -0.0906 e. The second-order valence-corrected chi connectivity index (χ2v) is 4.79. The van der Waals surface area contributed by atoms with E-state index < -0.39 is 0 Å². The van der Waals surface area contributed by atoms with E-state index in [9.17, 15) is 0 Å². The molecular weight excluding hydrogens is 251 g/mol. The van der Waals surface area contributed by atoms with Crippen LogP contribution in [0.2, 0.25) is 10.0 Å². The minimum atomic E-state index is 0.730. The first kappa shape index (κ1) is 12.2. The predicted octanol–water partition coefficient (Wildman–Crippen LogP) is 5.36. The molecule has 0 atom stereocenters. The van der Waals surface area contributed by atoms with Crippen LogP contribution in [0, 0.1) is 6.92 Å². The second kappa shape index (κ2) is 4.95. The molecular formula is C15H12Cl2. The number of aryl methyl sites for hydroxylation is 1. The van der Waals surface area contributed by atoms with Gasteiger partial charge in [-0.05, 0) is 53.5 Å². The Morgan fingerprint density at radius 3 is 2.12 bits per heavy atom. The fourth-order valence-corrected chi connectivity index (χ4v) is 1.89. The molecule has 0 aromatic heterocycles. The number of hydrogen-bond donors (Lipinski definition) is 0. The van der Waals surface area contributed by atoms with Gasteiger partial charge in [-0.3, -0.25) is 0 Å². The number of rotatable bonds is 2. The third-order valence-corrected chi connectivity index (χ3v) is 3.38. The zero-order valence-electron chi connectivity index (χ0n) is 9.50. The molecule has 0 unspecified atom stereocenters. The fraction of sp³-hybridized carbons (Fsp3) is 0.0667. The Morgan fingerprint density at radius 1 is 0.941 bits per heavy atom. The summed E-state index contributed by atoms with van der Waals surface area (Å²) in [6, 6.07) is 13.6. The standard InChI is InChI=1S/C15H12Cl2/c1-10-9-13(5-8-15(10)17)11(2)12-3-6-14(16)7-4-12/h3-9H,2H2,1H3. The van der Waals surface area contributed by atoms with Crippen molar-refractivity contribution in [2.75, 3.05) is 0 Å². The van der Waals surface area contributed by atoms with Crippen molar-refractivity contribution >= 4 is 28.8 Å². The number of hydrogen-bond acceptors (Lipinski definition) is 0. The maximum atomic E-state index is 6.01. The molecule has 2 aromatic carbocycles. The average molecular weight is 263 g/mol. The quantitative estimate of drug-likeness (QED) is 0.683. The van der Waals surface area contributed by atoms with Gasteiger partial charge < -0.3 is 0 Å². The lowest BCUT2D eigenvalue weighted by molar-refractivity contribution is 1.44. The molecule has 0 N–H and O–H groups in total. The number of benzene rings is 2. The summed E-state index contributed by atoms with van der Waals surface area (Å²) < 4.78 is 0. The van der Waals surface area contributed by atoms with E-state index >= 15 is 0 Å². The molecule has 0 aliphatic rings. The second-order valence-electron chi connectivity index (χ2n) is 3.95. The Bertz CT molecular complexity index is 554. The molecule has 2 rings (SSSR count). The maximum absolute atomic E-state index is 6.01. The maximum Gasteiger partial charge on any atom is 0.0435 e. The van der Waals surface area contributed by atoms with Crippen molar-refractivity contribution in [2.24, 2.45) is 0 Å². The summed E-state index contributed by atoms with van der Waals surface area (Å²) >= 11 is 11.9. The summed E-state index contributed by atoms with van der Waals surface area (Å²) in [5, 5.41) is 1.51. The van der Waals surface area contributed by atoms with Crippen molar-refractivity contribution in [3.63, 3.8) is 0 Å². The molecule has 0 bridgehead atoms. The highest BCUT2D eigenvalue weighted by Gasteiger charge is 2.04. The van der Waals surface area contributed by atoms with Gasteiger partial charge in [0.05, 0.1) is 0 Å². The highest BCUT2D eigenvalue weighted by Crippen LogP contribution is 2.26. The largest absolute Gasteiger partial charge is 0.0906 e. The molecule has 2 heteroatoms. The van der Waals surface area contributed by atoms with Crippen LogP contribution < -0.4 is 0 Å². The lowest BCUT2D eigenvalue weighted by Gasteiger charge is -2.08. The average Bonchev–Trinajstić information content (AvgIpc) is 2.33. The molecule has 0 spiro atoms. The lowest BCUT2D eigenvalue weighted by atomic mass is 9.98. The molecule has 17 heavy (non-hydrogen) atoms. The molecule has 86 valence electrons. The fourth-order valence-electron chi connectivity index (χ4n) is 1.65. The van der Waals surface area contributed by atoms with Crippen LogP contribution in [0.3, 0.4) is 0 Å². The third kappa shape index (κ3) is 2.71. The van der Waals surface area contributed by atoms with E-state index in [1.54, 1.807) is 0 Å². The van der Waals surface area contributed by atoms with Gasteiger partial charge in [0.25, 0.3) is 0 Å². The van der Waals surface area contributed by atoms with Crippen molar-refractivity contribution < 1.29 is 0 Å². The Labute approximate surface area is 112 Å². The van der Waals surface area contributed by atoms with E-state index in [-0.39, 0.29) is 0 Å². The van der Waals surface area contributed by atoms with Crippen molar-refractivity contribution in [1.82, 2.24) is 0 Å². The van der Waals surface area contributed by atoms with Crippen molar-refractivity contribution in [1.29, 1.82) is 0 Å². The molecule has 2 aromatic rings. The van der Waals surface area contributed by atoms with E-state index in [1.165, 1.54) is 0 Å². The first-order chi connectivity index (χ1) is 8.08. The zero-order valence-corrected chi connectivity index (χ0v) is 11.0. The molecule has 0 radical (unpaired) electrons. The Hall–Kier alpha value is -1.24. The summed E-state index contributed by atoms with van der Waals surface area (Å²) in [4.78, 5) is 0. The van der Waals surface area contributed by atoms with Gasteiger partial charge in [-0.1, -0.05) is 48.0 Å². The Balaban J connectivity index is 2.37. The van der Waals surface area contributed by atoms with Crippen LogP contribution in [0.15, 0.2) is 49.0 Å². The Morgan fingerprint density at radius 2 is 1.53 bits per heavy atom. The molecule has 0 heterocycles. The van der Waals surface area contributed by atoms with E-state index in [4.69, 9.17) is 23.2 Å². The Kier molecular flexibility index (Phi) is 3.56.